The number of amides is 1. The number of nitrogens with one attached hydrogen (secondary N) is 1. The monoisotopic (exact) mass is 424 g/mol. The number of benzene rings is 2. The SMILES string of the molecule is COc1ccc2cc(-c3csc(NC(=O)c4ccc(SC(C)C)cc4)n3)oc2c1. The highest BCUT2D eigenvalue weighted by Gasteiger charge is 2.13. The number of rotatable bonds is 6. The van der Waals surface area contributed by atoms with Gasteiger partial charge in [0, 0.05) is 32.5 Å². The van der Waals surface area contributed by atoms with Gasteiger partial charge in [0.15, 0.2) is 10.9 Å². The molecule has 1 amide bonds. The largest absolute Gasteiger partial charge is 0.497 e. The zero-order valence-corrected chi connectivity index (χ0v) is 17.9. The number of carbonyl (C=O) groups excluding carboxylic acids is 1. The van der Waals surface area contributed by atoms with E-state index in [-0.39, 0.29) is 5.91 Å². The number of fused-ring (bicyclic) bond motifs is 1. The summed E-state index contributed by atoms with van der Waals surface area (Å²) in [6.07, 6.45) is 0. The van der Waals surface area contributed by atoms with Gasteiger partial charge in [-0.1, -0.05) is 13.8 Å². The Hall–Kier alpha value is -2.77. The first kappa shape index (κ1) is 19.5. The van der Waals surface area contributed by atoms with Crippen LogP contribution in [0.2, 0.25) is 0 Å². The quantitative estimate of drug-likeness (QED) is 0.367. The molecule has 0 saturated heterocycles. The van der Waals surface area contributed by atoms with E-state index in [1.165, 1.54) is 11.3 Å². The first-order valence-electron chi connectivity index (χ1n) is 9.13. The topological polar surface area (TPSA) is 64.4 Å². The van der Waals surface area contributed by atoms with E-state index in [1.54, 1.807) is 18.9 Å². The second kappa shape index (κ2) is 8.31. The molecular weight excluding hydrogens is 404 g/mol. The molecular formula is C22H20N2O3S2. The molecule has 0 bridgehead atoms. The van der Waals surface area contributed by atoms with Gasteiger partial charge in [0.05, 0.1) is 7.11 Å². The second-order valence-electron chi connectivity index (χ2n) is 6.70. The maximum absolute atomic E-state index is 12.5. The van der Waals surface area contributed by atoms with Crippen LogP contribution in [0.4, 0.5) is 5.13 Å². The number of nitrogens with zero attached hydrogens (tertiary/aromatic N) is 1. The fourth-order valence-corrected chi connectivity index (χ4v) is 4.37. The Morgan fingerprint density at radius 2 is 1.97 bits per heavy atom. The molecule has 2 heterocycles. The highest BCUT2D eigenvalue weighted by atomic mass is 32.2. The van der Waals surface area contributed by atoms with Crippen LogP contribution in [0.1, 0.15) is 24.2 Å². The number of anilines is 1. The van der Waals surface area contributed by atoms with E-state index in [9.17, 15) is 4.79 Å². The fourth-order valence-electron chi connectivity index (χ4n) is 2.84. The summed E-state index contributed by atoms with van der Waals surface area (Å²) in [6, 6.07) is 15.2. The van der Waals surface area contributed by atoms with E-state index in [0.717, 1.165) is 21.6 Å². The number of carbonyl (C=O) groups is 1. The molecule has 4 aromatic rings. The fraction of sp³-hybridized carbons (Fsp3) is 0.182. The van der Waals surface area contributed by atoms with Crippen LogP contribution in [0.25, 0.3) is 22.4 Å². The Morgan fingerprint density at radius 3 is 2.69 bits per heavy atom. The van der Waals surface area contributed by atoms with E-state index in [0.29, 0.717) is 27.4 Å². The van der Waals surface area contributed by atoms with Crippen LogP contribution in [0, 0.1) is 0 Å². The lowest BCUT2D eigenvalue weighted by atomic mass is 10.2. The summed E-state index contributed by atoms with van der Waals surface area (Å²) in [4.78, 5) is 18.2. The van der Waals surface area contributed by atoms with E-state index in [2.05, 4.69) is 24.1 Å². The number of furan rings is 1. The molecule has 148 valence electrons. The van der Waals surface area contributed by atoms with Crippen LogP contribution in [0.5, 0.6) is 5.75 Å². The molecule has 0 fully saturated rings. The summed E-state index contributed by atoms with van der Waals surface area (Å²) in [5.74, 6) is 1.21. The molecule has 0 aliphatic heterocycles. The normalized spacial score (nSPS) is 11.2. The minimum Gasteiger partial charge on any atom is -0.497 e. The van der Waals surface area contributed by atoms with Gasteiger partial charge in [0.25, 0.3) is 5.91 Å². The summed E-state index contributed by atoms with van der Waals surface area (Å²) in [5, 5.41) is 6.73. The predicted octanol–water partition coefficient (Wildman–Crippen LogP) is 6.32. The number of hydrogen-bond acceptors (Lipinski definition) is 6. The molecule has 29 heavy (non-hydrogen) atoms. The van der Waals surface area contributed by atoms with Gasteiger partial charge < -0.3 is 9.15 Å². The van der Waals surface area contributed by atoms with Crippen LogP contribution in [0.15, 0.2) is 63.2 Å². The maximum atomic E-state index is 12.5. The van der Waals surface area contributed by atoms with Crippen LogP contribution in [-0.4, -0.2) is 23.3 Å². The number of hydrogen-bond donors (Lipinski definition) is 1. The Kier molecular flexibility index (Phi) is 5.60. The lowest BCUT2D eigenvalue weighted by molar-refractivity contribution is 0.102. The average Bonchev–Trinajstić information content (AvgIpc) is 3.34. The van der Waals surface area contributed by atoms with Gasteiger partial charge >= 0.3 is 0 Å². The van der Waals surface area contributed by atoms with Crippen molar-refractivity contribution >= 4 is 45.1 Å². The van der Waals surface area contributed by atoms with Crippen LogP contribution >= 0.6 is 23.1 Å². The summed E-state index contributed by atoms with van der Waals surface area (Å²) < 4.78 is 11.1. The highest BCUT2D eigenvalue weighted by Crippen LogP contribution is 2.32. The third kappa shape index (κ3) is 4.46. The Labute approximate surface area is 177 Å². The molecule has 0 spiro atoms. The molecule has 0 aliphatic carbocycles. The van der Waals surface area contributed by atoms with Crippen LogP contribution in [0.3, 0.4) is 0 Å². The molecule has 0 aliphatic rings. The number of aromatic nitrogens is 1. The van der Waals surface area contributed by atoms with Gasteiger partial charge in [-0.3, -0.25) is 10.1 Å². The summed E-state index contributed by atoms with van der Waals surface area (Å²) in [7, 11) is 1.62. The highest BCUT2D eigenvalue weighted by molar-refractivity contribution is 7.99. The zero-order valence-electron chi connectivity index (χ0n) is 16.3. The minimum absolute atomic E-state index is 0.179. The van der Waals surface area contributed by atoms with Crippen molar-refractivity contribution in [2.45, 2.75) is 24.0 Å². The Bertz CT molecular complexity index is 1150. The summed E-state index contributed by atoms with van der Waals surface area (Å²) >= 11 is 3.13. The minimum atomic E-state index is -0.179. The smallest absolute Gasteiger partial charge is 0.257 e. The predicted molar refractivity (Wildman–Crippen MR) is 119 cm³/mol. The van der Waals surface area contributed by atoms with Crippen molar-refractivity contribution < 1.29 is 13.9 Å². The molecule has 7 heteroatoms. The lowest BCUT2D eigenvalue weighted by Crippen LogP contribution is -2.11. The van der Waals surface area contributed by atoms with E-state index in [1.807, 2.05) is 53.9 Å². The second-order valence-corrected chi connectivity index (χ2v) is 9.21. The molecule has 2 aromatic heterocycles. The maximum Gasteiger partial charge on any atom is 0.257 e. The molecule has 2 aromatic carbocycles. The standard InChI is InChI=1S/C22H20N2O3S2/c1-13(2)29-17-8-5-14(6-9-17)21(25)24-22-23-18(12-28-22)20-10-15-4-7-16(26-3)11-19(15)27-20/h4-13H,1-3H3,(H,23,24,25). The van der Waals surface area contributed by atoms with Gasteiger partial charge in [-0.2, -0.15) is 0 Å². The van der Waals surface area contributed by atoms with Gasteiger partial charge in [-0.15, -0.1) is 23.1 Å². The van der Waals surface area contributed by atoms with Crippen molar-refractivity contribution in [3.63, 3.8) is 0 Å². The lowest BCUT2D eigenvalue weighted by Gasteiger charge is -2.06. The van der Waals surface area contributed by atoms with Gasteiger partial charge in [0.1, 0.15) is 17.0 Å². The van der Waals surface area contributed by atoms with Gasteiger partial charge in [-0.05, 0) is 42.5 Å². The zero-order chi connectivity index (χ0) is 20.4. The van der Waals surface area contributed by atoms with Crippen LogP contribution in [-0.2, 0) is 0 Å². The number of thioether (sulfide) groups is 1. The van der Waals surface area contributed by atoms with Crippen LogP contribution < -0.4 is 10.1 Å². The summed E-state index contributed by atoms with van der Waals surface area (Å²) in [5.41, 5.74) is 2.02. The molecule has 0 atom stereocenters. The first-order chi connectivity index (χ1) is 14.0. The number of methoxy groups -OCH3 is 1. The van der Waals surface area contributed by atoms with E-state index >= 15 is 0 Å². The van der Waals surface area contributed by atoms with Crippen molar-refractivity contribution in [1.29, 1.82) is 0 Å². The number of thiazole rings is 1. The molecule has 0 unspecified atom stereocenters. The third-order valence-corrected chi connectivity index (χ3v) is 5.97. The summed E-state index contributed by atoms with van der Waals surface area (Å²) in [6.45, 7) is 4.29. The van der Waals surface area contributed by atoms with Crippen molar-refractivity contribution in [1.82, 2.24) is 4.98 Å². The van der Waals surface area contributed by atoms with E-state index < -0.39 is 0 Å². The third-order valence-electron chi connectivity index (χ3n) is 4.19. The van der Waals surface area contributed by atoms with Crippen molar-refractivity contribution in [2.75, 3.05) is 12.4 Å². The first-order valence-corrected chi connectivity index (χ1v) is 10.9. The molecule has 1 N–H and O–H groups in total. The van der Waals surface area contributed by atoms with E-state index in [4.69, 9.17) is 9.15 Å². The van der Waals surface area contributed by atoms with Gasteiger partial charge in [0.2, 0.25) is 0 Å². The van der Waals surface area contributed by atoms with Gasteiger partial charge in [-0.25, -0.2) is 4.98 Å². The number of ether oxygens (including phenoxy) is 1. The molecule has 5 nitrogen and oxygen atoms in total. The Balaban J connectivity index is 1.48. The van der Waals surface area contributed by atoms with Crippen molar-refractivity contribution in [3.05, 3.63) is 59.5 Å². The van der Waals surface area contributed by atoms with Crippen molar-refractivity contribution in [2.24, 2.45) is 0 Å². The van der Waals surface area contributed by atoms with Crippen molar-refractivity contribution in [3.8, 4) is 17.2 Å². The average molecular weight is 425 g/mol. The molecule has 4 rings (SSSR count). The Morgan fingerprint density at radius 1 is 1.17 bits per heavy atom. The molecule has 0 saturated carbocycles. The molecule has 0 radical (unpaired) electrons.